The van der Waals surface area contributed by atoms with Crippen molar-refractivity contribution in [2.45, 2.75) is 154 Å². The van der Waals surface area contributed by atoms with Gasteiger partial charge in [0.25, 0.3) is 0 Å². The number of unbranched alkanes of at least 4 members (excludes halogenated alkanes) is 4. The van der Waals surface area contributed by atoms with Crippen LogP contribution in [-0.4, -0.2) is 24.7 Å². The molecule has 4 fully saturated rings. The molecule has 0 amide bonds. The Morgan fingerprint density at radius 1 is 0.486 bits per heavy atom. The molecule has 4 rings (SSSR count). The van der Waals surface area contributed by atoms with Crippen molar-refractivity contribution in [1.82, 2.24) is 0 Å². The van der Waals surface area contributed by atoms with Crippen molar-refractivity contribution in [3.63, 3.8) is 0 Å². The molecule has 204 valence electrons. The Balaban J connectivity index is 1.14. The molecule has 0 radical (unpaired) electrons. The molecule has 0 saturated heterocycles. The van der Waals surface area contributed by atoms with E-state index >= 15 is 4.39 Å². The van der Waals surface area contributed by atoms with E-state index in [1.54, 1.807) is 0 Å². The molecule has 5 unspecified atom stereocenters. The molecule has 35 heavy (non-hydrogen) atoms. The standard InChI is InChI=1S/C31H52F4/c1-2-3-4-5-6-7-21-8-10-22(11-9-21)23-12-14-24(15-13-23)25-16-17-27(28(32)18-25)26-19-29(33)31(35)30(34)20-26/h21-31H,2-20H2,1H3. The molecule has 4 aliphatic carbocycles. The predicted octanol–water partition coefficient (Wildman–Crippen LogP) is 10.1. The van der Waals surface area contributed by atoms with E-state index in [-0.39, 0.29) is 24.7 Å². The molecule has 0 aliphatic heterocycles. The topological polar surface area (TPSA) is 0 Å². The van der Waals surface area contributed by atoms with Crippen LogP contribution in [-0.2, 0) is 0 Å². The van der Waals surface area contributed by atoms with Gasteiger partial charge in [-0.05, 0) is 112 Å². The van der Waals surface area contributed by atoms with Crippen LogP contribution in [0.25, 0.3) is 0 Å². The van der Waals surface area contributed by atoms with Crippen molar-refractivity contribution in [2.75, 3.05) is 0 Å². The zero-order valence-corrected chi connectivity index (χ0v) is 22.3. The average molecular weight is 501 g/mol. The maximum absolute atomic E-state index is 15.2. The molecular weight excluding hydrogens is 448 g/mol. The van der Waals surface area contributed by atoms with Crippen LogP contribution in [0, 0.1) is 41.4 Å². The Kier molecular flexibility index (Phi) is 10.7. The van der Waals surface area contributed by atoms with Crippen LogP contribution in [0.3, 0.4) is 0 Å². The Hall–Kier alpha value is -0.280. The van der Waals surface area contributed by atoms with Gasteiger partial charge in [0.2, 0.25) is 0 Å². The third-order valence-corrected chi connectivity index (χ3v) is 11.0. The molecule has 0 aromatic heterocycles. The summed E-state index contributed by atoms with van der Waals surface area (Å²) < 4.78 is 56.5. The highest BCUT2D eigenvalue weighted by molar-refractivity contribution is 4.95. The largest absolute Gasteiger partial charge is 0.247 e. The van der Waals surface area contributed by atoms with Gasteiger partial charge < -0.3 is 0 Å². The van der Waals surface area contributed by atoms with Gasteiger partial charge in [0.15, 0.2) is 6.17 Å². The van der Waals surface area contributed by atoms with Crippen molar-refractivity contribution in [2.24, 2.45) is 41.4 Å². The zero-order valence-electron chi connectivity index (χ0n) is 22.3. The first-order valence-electron chi connectivity index (χ1n) is 15.5. The minimum Gasteiger partial charge on any atom is -0.247 e. The van der Waals surface area contributed by atoms with E-state index < -0.39 is 24.7 Å². The van der Waals surface area contributed by atoms with E-state index in [0.29, 0.717) is 18.3 Å². The van der Waals surface area contributed by atoms with Crippen molar-refractivity contribution in [3.05, 3.63) is 0 Å². The number of halogens is 4. The Morgan fingerprint density at radius 2 is 0.971 bits per heavy atom. The maximum atomic E-state index is 15.2. The van der Waals surface area contributed by atoms with E-state index in [9.17, 15) is 13.2 Å². The van der Waals surface area contributed by atoms with Gasteiger partial charge in [-0.3, -0.25) is 0 Å². The van der Waals surface area contributed by atoms with Crippen molar-refractivity contribution in [3.8, 4) is 0 Å². The second-order valence-corrected chi connectivity index (χ2v) is 13.1. The summed E-state index contributed by atoms with van der Waals surface area (Å²) >= 11 is 0. The zero-order chi connectivity index (χ0) is 24.8. The molecule has 4 heteroatoms. The molecule has 0 bridgehead atoms. The molecule has 4 aliphatic rings. The lowest BCUT2D eigenvalue weighted by Crippen LogP contribution is -2.43. The Labute approximate surface area is 212 Å². The molecule has 0 nitrogen and oxygen atoms in total. The lowest BCUT2D eigenvalue weighted by molar-refractivity contribution is -0.0292. The summed E-state index contributed by atoms with van der Waals surface area (Å²) in [5.41, 5.74) is 0. The highest BCUT2D eigenvalue weighted by atomic mass is 19.2. The monoisotopic (exact) mass is 500 g/mol. The van der Waals surface area contributed by atoms with Gasteiger partial charge in [-0.2, -0.15) is 0 Å². The normalized spacial score (nSPS) is 45.3. The number of hydrogen-bond acceptors (Lipinski definition) is 0. The van der Waals surface area contributed by atoms with Crippen LogP contribution in [0.5, 0.6) is 0 Å². The number of hydrogen-bond donors (Lipinski definition) is 0. The minimum atomic E-state index is -2.01. The van der Waals surface area contributed by atoms with Crippen LogP contribution >= 0.6 is 0 Å². The van der Waals surface area contributed by atoms with Gasteiger partial charge in [-0.15, -0.1) is 0 Å². The predicted molar refractivity (Wildman–Crippen MR) is 137 cm³/mol. The molecule has 4 saturated carbocycles. The summed E-state index contributed by atoms with van der Waals surface area (Å²) in [6.07, 6.45) is 15.1. The summed E-state index contributed by atoms with van der Waals surface area (Å²) in [6, 6.07) is 0. The Bertz CT molecular complexity index is 583. The summed E-state index contributed by atoms with van der Waals surface area (Å²) in [5.74, 6) is 3.25. The third kappa shape index (κ3) is 7.40. The van der Waals surface area contributed by atoms with Gasteiger partial charge >= 0.3 is 0 Å². The van der Waals surface area contributed by atoms with Crippen LogP contribution in [0.15, 0.2) is 0 Å². The smallest absolute Gasteiger partial charge is 0.162 e. The second kappa shape index (κ2) is 13.5. The van der Waals surface area contributed by atoms with Gasteiger partial charge in [0.1, 0.15) is 18.5 Å². The van der Waals surface area contributed by atoms with E-state index in [1.807, 2.05) is 0 Å². The highest BCUT2D eigenvalue weighted by Crippen LogP contribution is 2.49. The van der Waals surface area contributed by atoms with Gasteiger partial charge in [-0.1, -0.05) is 58.3 Å². The van der Waals surface area contributed by atoms with E-state index in [4.69, 9.17) is 0 Å². The highest BCUT2D eigenvalue weighted by Gasteiger charge is 2.46. The van der Waals surface area contributed by atoms with Gasteiger partial charge in [0, 0.05) is 0 Å². The van der Waals surface area contributed by atoms with Gasteiger partial charge in [-0.25, -0.2) is 17.6 Å². The van der Waals surface area contributed by atoms with Crippen molar-refractivity contribution >= 4 is 0 Å². The maximum Gasteiger partial charge on any atom is 0.162 e. The fourth-order valence-corrected chi connectivity index (χ4v) is 8.71. The van der Waals surface area contributed by atoms with E-state index in [0.717, 1.165) is 30.6 Å². The van der Waals surface area contributed by atoms with Crippen molar-refractivity contribution < 1.29 is 17.6 Å². The molecule has 5 atom stereocenters. The molecule has 0 N–H and O–H groups in total. The fourth-order valence-electron chi connectivity index (χ4n) is 8.71. The van der Waals surface area contributed by atoms with Crippen molar-refractivity contribution in [1.29, 1.82) is 0 Å². The fraction of sp³-hybridized carbons (Fsp3) is 1.00. The van der Waals surface area contributed by atoms with Crippen LogP contribution in [0.4, 0.5) is 17.6 Å². The first-order chi connectivity index (χ1) is 17.0. The molecule has 0 aromatic carbocycles. The Morgan fingerprint density at radius 3 is 1.54 bits per heavy atom. The first-order valence-corrected chi connectivity index (χ1v) is 15.5. The molecule has 0 heterocycles. The lowest BCUT2D eigenvalue weighted by atomic mass is 9.62. The quantitative estimate of drug-likeness (QED) is 0.218. The van der Waals surface area contributed by atoms with E-state index in [1.165, 1.54) is 89.9 Å². The summed E-state index contributed by atoms with van der Waals surface area (Å²) in [7, 11) is 0. The number of alkyl halides is 4. The minimum absolute atomic E-state index is 0.00352. The average Bonchev–Trinajstić information content (AvgIpc) is 2.87. The molecule has 0 spiro atoms. The first kappa shape index (κ1) is 27.7. The lowest BCUT2D eigenvalue weighted by Gasteiger charge is -2.44. The summed E-state index contributed by atoms with van der Waals surface area (Å²) in [6.45, 7) is 2.28. The van der Waals surface area contributed by atoms with E-state index in [2.05, 4.69) is 6.92 Å². The summed E-state index contributed by atoms with van der Waals surface area (Å²) in [5, 5.41) is 0. The van der Waals surface area contributed by atoms with Crippen LogP contribution in [0.2, 0.25) is 0 Å². The third-order valence-electron chi connectivity index (χ3n) is 11.0. The molecular formula is C31H52F4. The van der Waals surface area contributed by atoms with Crippen LogP contribution in [0.1, 0.15) is 129 Å². The summed E-state index contributed by atoms with van der Waals surface area (Å²) in [4.78, 5) is 0. The number of rotatable bonds is 9. The SMILES string of the molecule is CCCCCCCC1CCC(C2CCC(C3CCC(C4CC(F)C(F)C(F)C4)C(F)C3)CC2)CC1. The van der Waals surface area contributed by atoms with Gasteiger partial charge in [0.05, 0.1) is 0 Å². The second-order valence-electron chi connectivity index (χ2n) is 13.1. The molecule has 0 aromatic rings. The van der Waals surface area contributed by atoms with Crippen LogP contribution < -0.4 is 0 Å².